The number of hydrogen-bond acceptors (Lipinski definition) is 4. The predicted molar refractivity (Wildman–Crippen MR) is 70.2 cm³/mol. The SMILES string of the molecule is CC(C)(C)OC(=O)N1CCC([C@@](C)(O)CN)CC1. The number of amides is 1. The van der Waals surface area contributed by atoms with Crippen molar-refractivity contribution in [2.75, 3.05) is 19.6 Å². The molecular weight excluding hydrogens is 232 g/mol. The molecule has 106 valence electrons. The standard InChI is InChI=1S/C13H26N2O3/c1-12(2,3)18-11(16)15-7-5-10(6-8-15)13(4,17)9-14/h10,17H,5-9,14H2,1-4H3/t13-/m0/s1. The van der Waals surface area contributed by atoms with Gasteiger partial charge in [-0.15, -0.1) is 0 Å². The fourth-order valence-corrected chi connectivity index (χ4v) is 2.18. The molecule has 0 spiro atoms. The van der Waals surface area contributed by atoms with Gasteiger partial charge >= 0.3 is 6.09 Å². The Balaban J connectivity index is 2.47. The van der Waals surface area contributed by atoms with E-state index in [1.165, 1.54) is 0 Å². The number of carbonyl (C=O) groups is 1. The van der Waals surface area contributed by atoms with Gasteiger partial charge in [0.15, 0.2) is 0 Å². The zero-order valence-electron chi connectivity index (χ0n) is 11.9. The Hall–Kier alpha value is -0.810. The summed E-state index contributed by atoms with van der Waals surface area (Å²) in [5.41, 5.74) is 4.26. The van der Waals surface area contributed by atoms with Crippen molar-refractivity contribution in [2.45, 2.75) is 51.7 Å². The van der Waals surface area contributed by atoms with Crippen LogP contribution in [0.4, 0.5) is 4.79 Å². The first-order valence-electron chi connectivity index (χ1n) is 6.56. The van der Waals surface area contributed by atoms with Crippen LogP contribution in [-0.4, -0.2) is 46.9 Å². The average molecular weight is 258 g/mol. The number of hydrogen-bond donors (Lipinski definition) is 2. The molecule has 1 amide bonds. The van der Waals surface area contributed by atoms with Gasteiger partial charge in [0.05, 0.1) is 5.60 Å². The second-order valence-electron chi connectivity index (χ2n) is 6.30. The topological polar surface area (TPSA) is 75.8 Å². The van der Waals surface area contributed by atoms with Crippen molar-refractivity contribution in [1.29, 1.82) is 0 Å². The van der Waals surface area contributed by atoms with Crippen LogP contribution in [0.2, 0.25) is 0 Å². The van der Waals surface area contributed by atoms with Crippen molar-refractivity contribution in [3.05, 3.63) is 0 Å². The highest BCUT2D eigenvalue weighted by Crippen LogP contribution is 2.28. The van der Waals surface area contributed by atoms with Gasteiger partial charge in [0.1, 0.15) is 5.60 Å². The van der Waals surface area contributed by atoms with E-state index in [4.69, 9.17) is 10.5 Å². The molecular formula is C13H26N2O3. The fraction of sp³-hybridized carbons (Fsp3) is 0.923. The largest absolute Gasteiger partial charge is 0.444 e. The Bertz CT molecular complexity index is 289. The van der Waals surface area contributed by atoms with Crippen molar-refractivity contribution >= 4 is 6.09 Å². The van der Waals surface area contributed by atoms with E-state index < -0.39 is 11.2 Å². The maximum absolute atomic E-state index is 11.9. The summed E-state index contributed by atoms with van der Waals surface area (Å²) in [6.45, 7) is 8.83. The van der Waals surface area contributed by atoms with Crippen molar-refractivity contribution in [3.63, 3.8) is 0 Å². The summed E-state index contributed by atoms with van der Waals surface area (Å²) in [5.74, 6) is 0.154. The van der Waals surface area contributed by atoms with Crippen molar-refractivity contribution in [2.24, 2.45) is 11.7 Å². The van der Waals surface area contributed by atoms with Crippen LogP contribution in [-0.2, 0) is 4.74 Å². The third-order valence-corrected chi connectivity index (χ3v) is 3.44. The van der Waals surface area contributed by atoms with Crippen molar-refractivity contribution < 1.29 is 14.6 Å². The first-order chi connectivity index (χ1) is 8.15. The third kappa shape index (κ3) is 4.14. The Morgan fingerprint density at radius 3 is 2.22 bits per heavy atom. The molecule has 5 nitrogen and oxygen atoms in total. The van der Waals surface area contributed by atoms with Crippen molar-refractivity contribution in [3.8, 4) is 0 Å². The Kier molecular flexibility index (Phi) is 4.61. The van der Waals surface area contributed by atoms with Gasteiger partial charge in [0, 0.05) is 19.6 Å². The van der Waals surface area contributed by atoms with Crippen LogP contribution >= 0.6 is 0 Å². The number of ether oxygens (including phenoxy) is 1. The lowest BCUT2D eigenvalue weighted by Crippen LogP contribution is -2.49. The highest BCUT2D eigenvalue weighted by molar-refractivity contribution is 5.68. The maximum atomic E-state index is 11.9. The highest BCUT2D eigenvalue weighted by Gasteiger charge is 2.35. The molecule has 0 aromatic carbocycles. The van der Waals surface area contributed by atoms with E-state index in [0.717, 1.165) is 12.8 Å². The van der Waals surface area contributed by atoms with Crippen LogP contribution in [0.3, 0.4) is 0 Å². The molecule has 0 radical (unpaired) electrons. The van der Waals surface area contributed by atoms with E-state index in [9.17, 15) is 9.90 Å². The summed E-state index contributed by atoms with van der Waals surface area (Å²) in [5, 5.41) is 10.1. The number of aliphatic hydroxyl groups is 1. The zero-order valence-corrected chi connectivity index (χ0v) is 11.9. The minimum absolute atomic E-state index is 0.154. The molecule has 0 aliphatic carbocycles. The minimum Gasteiger partial charge on any atom is -0.444 e. The van der Waals surface area contributed by atoms with Gasteiger partial charge in [-0.25, -0.2) is 4.79 Å². The maximum Gasteiger partial charge on any atom is 0.410 e. The summed E-state index contributed by atoms with van der Waals surface area (Å²) >= 11 is 0. The number of carbonyl (C=O) groups excluding carboxylic acids is 1. The summed E-state index contributed by atoms with van der Waals surface area (Å²) < 4.78 is 5.32. The lowest BCUT2D eigenvalue weighted by molar-refractivity contribution is -0.0283. The van der Waals surface area contributed by atoms with Gasteiger partial charge in [-0.3, -0.25) is 0 Å². The van der Waals surface area contributed by atoms with E-state index in [1.54, 1.807) is 11.8 Å². The molecule has 0 aromatic rings. The Morgan fingerprint density at radius 1 is 1.33 bits per heavy atom. The molecule has 3 N–H and O–H groups in total. The van der Waals surface area contributed by atoms with E-state index in [1.807, 2.05) is 20.8 Å². The highest BCUT2D eigenvalue weighted by atomic mass is 16.6. The molecule has 1 rings (SSSR count). The molecule has 0 saturated carbocycles. The fourth-order valence-electron chi connectivity index (χ4n) is 2.18. The van der Waals surface area contributed by atoms with E-state index in [-0.39, 0.29) is 18.6 Å². The van der Waals surface area contributed by atoms with Gasteiger partial charge in [-0.1, -0.05) is 0 Å². The smallest absolute Gasteiger partial charge is 0.410 e. The number of likely N-dealkylation sites (tertiary alicyclic amines) is 1. The second-order valence-corrected chi connectivity index (χ2v) is 6.30. The molecule has 1 aliphatic heterocycles. The molecule has 1 heterocycles. The van der Waals surface area contributed by atoms with Crippen LogP contribution in [0.1, 0.15) is 40.5 Å². The minimum atomic E-state index is -0.833. The molecule has 0 aromatic heterocycles. The van der Waals surface area contributed by atoms with Crippen LogP contribution < -0.4 is 5.73 Å². The Labute approximate surface area is 109 Å². The molecule has 18 heavy (non-hydrogen) atoms. The van der Waals surface area contributed by atoms with E-state index in [2.05, 4.69) is 0 Å². The number of piperidine rings is 1. The van der Waals surface area contributed by atoms with Gasteiger partial charge in [0.25, 0.3) is 0 Å². The quantitative estimate of drug-likeness (QED) is 0.784. The molecule has 1 aliphatic rings. The average Bonchev–Trinajstić information content (AvgIpc) is 2.27. The van der Waals surface area contributed by atoms with E-state index in [0.29, 0.717) is 13.1 Å². The summed E-state index contributed by atoms with van der Waals surface area (Å²) in [7, 11) is 0. The normalized spacial score (nSPS) is 21.6. The van der Waals surface area contributed by atoms with Gasteiger partial charge in [0.2, 0.25) is 0 Å². The summed E-state index contributed by atoms with van der Waals surface area (Å²) in [4.78, 5) is 13.6. The van der Waals surface area contributed by atoms with Crippen LogP contribution in [0.5, 0.6) is 0 Å². The van der Waals surface area contributed by atoms with Gasteiger partial charge in [-0.05, 0) is 46.5 Å². The number of nitrogens with zero attached hydrogens (tertiary/aromatic N) is 1. The molecule has 1 fully saturated rings. The first-order valence-corrected chi connectivity index (χ1v) is 6.56. The third-order valence-electron chi connectivity index (χ3n) is 3.44. The molecule has 0 bridgehead atoms. The lowest BCUT2D eigenvalue weighted by Gasteiger charge is -2.39. The molecule has 0 unspecified atom stereocenters. The number of nitrogens with two attached hydrogens (primary N) is 1. The monoisotopic (exact) mass is 258 g/mol. The zero-order chi connectivity index (χ0) is 14.0. The predicted octanol–water partition coefficient (Wildman–Crippen LogP) is 1.34. The van der Waals surface area contributed by atoms with Crippen LogP contribution in [0.25, 0.3) is 0 Å². The first kappa shape index (κ1) is 15.2. The molecule has 1 saturated heterocycles. The van der Waals surface area contributed by atoms with Gasteiger partial charge in [-0.2, -0.15) is 0 Å². The second kappa shape index (κ2) is 5.45. The molecule has 1 atom stereocenters. The van der Waals surface area contributed by atoms with E-state index >= 15 is 0 Å². The van der Waals surface area contributed by atoms with Crippen LogP contribution in [0.15, 0.2) is 0 Å². The molecule has 5 heteroatoms. The summed E-state index contributed by atoms with van der Waals surface area (Å²) in [6, 6.07) is 0. The Morgan fingerprint density at radius 2 is 1.83 bits per heavy atom. The van der Waals surface area contributed by atoms with Gasteiger partial charge < -0.3 is 20.5 Å². The lowest BCUT2D eigenvalue weighted by atomic mass is 9.82. The summed E-state index contributed by atoms with van der Waals surface area (Å²) in [6.07, 6.45) is 1.26. The number of rotatable bonds is 2. The van der Waals surface area contributed by atoms with Crippen LogP contribution in [0, 0.1) is 5.92 Å². The van der Waals surface area contributed by atoms with Crippen molar-refractivity contribution in [1.82, 2.24) is 4.90 Å².